The van der Waals surface area contributed by atoms with E-state index in [1.165, 1.54) is 33.7 Å². The molecule has 0 aliphatic rings. The number of rotatable bonds is 2. The molecular formula is C7H6F2S2. The highest BCUT2D eigenvalue weighted by atomic mass is 33.1. The molecule has 0 nitrogen and oxygen atoms in total. The summed E-state index contributed by atoms with van der Waals surface area (Å²) in [7, 11) is 2.71. The van der Waals surface area contributed by atoms with Crippen molar-refractivity contribution in [1.29, 1.82) is 0 Å². The Balaban J connectivity index is 2.90. The monoisotopic (exact) mass is 192 g/mol. The van der Waals surface area contributed by atoms with Gasteiger partial charge in [0.2, 0.25) is 0 Å². The fourth-order valence-corrected chi connectivity index (χ4v) is 2.02. The van der Waals surface area contributed by atoms with Crippen molar-refractivity contribution in [3.05, 3.63) is 29.8 Å². The van der Waals surface area contributed by atoms with E-state index >= 15 is 0 Å². The Morgan fingerprint density at radius 1 is 1.27 bits per heavy atom. The van der Waals surface area contributed by atoms with Crippen LogP contribution in [0.5, 0.6) is 0 Å². The smallest absolute Gasteiger partial charge is 0.140 e. The molecule has 0 aliphatic heterocycles. The molecule has 0 atom stereocenters. The summed E-state index contributed by atoms with van der Waals surface area (Å²) >= 11 is 0. The van der Waals surface area contributed by atoms with Crippen molar-refractivity contribution in [2.24, 2.45) is 0 Å². The predicted molar refractivity (Wildman–Crippen MR) is 45.7 cm³/mol. The van der Waals surface area contributed by atoms with Gasteiger partial charge in [-0.2, -0.15) is 0 Å². The Bertz CT molecular complexity index is 250. The van der Waals surface area contributed by atoms with E-state index in [4.69, 9.17) is 0 Å². The Hall–Kier alpha value is -0.220. The molecule has 1 aromatic rings. The Labute approximate surface area is 71.8 Å². The molecule has 0 bridgehead atoms. The van der Waals surface area contributed by atoms with E-state index < -0.39 is 11.6 Å². The standard InChI is InChI=1S/C7H6F2S2/c1-10-11-7-3-2-5(8)4-6(7)9/h2-4H,1H3. The Morgan fingerprint density at radius 2 is 2.00 bits per heavy atom. The summed E-state index contributed by atoms with van der Waals surface area (Å²) in [6.45, 7) is 0. The minimum Gasteiger partial charge on any atom is -0.207 e. The summed E-state index contributed by atoms with van der Waals surface area (Å²) in [4.78, 5) is 0.471. The predicted octanol–water partition coefficient (Wildman–Crippen LogP) is 3.33. The number of benzene rings is 1. The maximum Gasteiger partial charge on any atom is 0.140 e. The van der Waals surface area contributed by atoms with Crippen molar-refractivity contribution in [1.82, 2.24) is 0 Å². The fourth-order valence-electron chi connectivity index (χ4n) is 0.633. The van der Waals surface area contributed by atoms with Crippen LogP contribution in [0.2, 0.25) is 0 Å². The second-order valence-corrected chi connectivity index (χ2v) is 4.26. The van der Waals surface area contributed by atoms with Gasteiger partial charge in [-0.1, -0.05) is 21.6 Å². The third-order valence-electron chi connectivity index (χ3n) is 1.07. The first kappa shape index (κ1) is 8.87. The molecule has 0 fully saturated rings. The van der Waals surface area contributed by atoms with Gasteiger partial charge in [-0.25, -0.2) is 8.78 Å². The number of hydrogen-bond donors (Lipinski definition) is 0. The maximum atomic E-state index is 12.8. The van der Waals surface area contributed by atoms with Gasteiger partial charge < -0.3 is 0 Å². The van der Waals surface area contributed by atoms with E-state index in [2.05, 4.69) is 0 Å². The van der Waals surface area contributed by atoms with E-state index in [0.717, 1.165) is 6.07 Å². The molecule has 1 aromatic carbocycles. The van der Waals surface area contributed by atoms with Gasteiger partial charge in [0, 0.05) is 6.07 Å². The van der Waals surface area contributed by atoms with Crippen LogP contribution in [-0.2, 0) is 0 Å². The van der Waals surface area contributed by atoms with Crippen LogP contribution < -0.4 is 0 Å². The molecule has 4 heteroatoms. The molecule has 0 unspecified atom stereocenters. The zero-order valence-electron chi connectivity index (χ0n) is 5.80. The molecule has 0 aromatic heterocycles. The minimum atomic E-state index is -0.534. The third kappa shape index (κ3) is 2.38. The van der Waals surface area contributed by atoms with Gasteiger partial charge in [-0.05, 0) is 18.4 Å². The first-order valence-corrected chi connectivity index (χ1v) is 5.45. The van der Waals surface area contributed by atoms with Gasteiger partial charge >= 0.3 is 0 Å². The molecule has 0 saturated carbocycles. The first-order chi connectivity index (χ1) is 5.24. The molecule has 0 spiro atoms. The lowest BCUT2D eigenvalue weighted by molar-refractivity contribution is 0.566. The van der Waals surface area contributed by atoms with Crippen molar-refractivity contribution in [2.75, 3.05) is 6.26 Å². The molecule has 60 valence electrons. The Morgan fingerprint density at radius 3 is 2.55 bits per heavy atom. The zero-order valence-corrected chi connectivity index (χ0v) is 7.44. The quantitative estimate of drug-likeness (QED) is 0.659. The summed E-state index contributed by atoms with van der Waals surface area (Å²) in [5.41, 5.74) is 0. The minimum absolute atomic E-state index is 0.471. The van der Waals surface area contributed by atoms with Gasteiger partial charge in [-0.3, -0.25) is 0 Å². The average Bonchev–Trinajstić information content (AvgIpc) is 1.95. The number of halogens is 2. The third-order valence-corrected chi connectivity index (χ3v) is 2.78. The van der Waals surface area contributed by atoms with Crippen molar-refractivity contribution >= 4 is 21.6 Å². The fraction of sp³-hybridized carbons (Fsp3) is 0.143. The van der Waals surface area contributed by atoms with Crippen LogP contribution in [0.15, 0.2) is 23.1 Å². The van der Waals surface area contributed by atoms with Gasteiger partial charge in [-0.15, -0.1) is 0 Å². The highest BCUT2D eigenvalue weighted by Crippen LogP contribution is 2.30. The van der Waals surface area contributed by atoms with Crippen molar-refractivity contribution in [2.45, 2.75) is 4.90 Å². The second kappa shape index (κ2) is 3.97. The van der Waals surface area contributed by atoms with Crippen LogP contribution in [0, 0.1) is 11.6 Å². The normalized spacial score (nSPS) is 10.1. The summed E-state index contributed by atoms with van der Waals surface area (Å²) in [6.07, 6.45) is 1.84. The zero-order chi connectivity index (χ0) is 8.27. The van der Waals surface area contributed by atoms with Crippen molar-refractivity contribution in [3.8, 4) is 0 Å². The first-order valence-electron chi connectivity index (χ1n) is 2.90. The van der Waals surface area contributed by atoms with Crippen molar-refractivity contribution in [3.63, 3.8) is 0 Å². The van der Waals surface area contributed by atoms with Crippen LogP contribution in [0.4, 0.5) is 8.78 Å². The number of hydrogen-bond acceptors (Lipinski definition) is 2. The van der Waals surface area contributed by atoms with E-state index in [9.17, 15) is 8.78 Å². The second-order valence-electron chi connectivity index (χ2n) is 1.82. The van der Waals surface area contributed by atoms with Gasteiger partial charge in [0.05, 0.1) is 4.90 Å². The van der Waals surface area contributed by atoms with Crippen molar-refractivity contribution < 1.29 is 8.78 Å². The highest BCUT2D eigenvalue weighted by molar-refractivity contribution is 8.76. The molecule has 0 radical (unpaired) electrons. The average molecular weight is 192 g/mol. The van der Waals surface area contributed by atoms with Crippen LogP contribution in [-0.4, -0.2) is 6.26 Å². The molecule has 1 rings (SSSR count). The largest absolute Gasteiger partial charge is 0.207 e. The molecule has 0 amide bonds. The molecule has 0 N–H and O–H groups in total. The van der Waals surface area contributed by atoms with Gasteiger partial charge in [0.15, 0.2) is 0 Å². The molecule has 0 saturated heterocycles. The lowest BCUT2D eigenvalue weighted by Gasteiger charge is -1.98. The maximum absolute atomic E-state index is 12.8. The summed E-state index contributed by atoms with van der Waals surface area (Å²) < 4.78 is 25.1. The highest BCUT2D eigenvalue weighted by Gasteiger charge is 2.02. The van der Waals surface area contributed by atoms with Crippen LogP contribution in [0.3, 0.4) is 0 Å². The lowest BCUT2D eigenvalue weighted by Crippen LogP contribution is -1.80. The van der Waals surface area contributed by atoms with E-state index in [0.29, 0.717) is 4.90 Å². The lowest BCUT2D eigenvalue weighted by atomic mass is 10.3. The van der Waals surface area contributed by atoms with Crippen LogP contribution >= 0.6 is 21.6 Å². The Kier molecular flexibility index (Phi) is 3.20. The molecule has 0 heterocycles. The van der Waals surface area contributed by atoms with Gasteiger partial charge in [0.25, 0.3) is 0 Å². The van der Waals surface area contributed by atoms with E-state index in [1.54, 1.807) is 0 Å². The SMILES string of the molecule is CSSc1ccc(F)cc1F. The van der Waals surface area contributed by atoms with Gasteiger partial charge in [0.1, 0.15) is 11.6 Å². The summed E-state index contributed by atoms with van der Waals surface area (Å²) in [5, 5.41) is 0. The van der Waals surface area contributed by atoms with E-state index in [-0.39, 0.29) is 0 Å². The molecule has 11 heavy (non-hydrogen) atoms. The molecular weight excluding hydrogens is 186 g/mol. The molecule has 0 aliphatic carbocycles. The van der Waals surface area contributed by atoms with E-state index in [1.807, 2.05) is 6.26 Å². The summed E-state index contributed by atoms with van der Waals surface area (Å²) in [6, 6.07) is 3.58. The van der Waals surface area contributed by atoms with Crippen LogP contribution in [0.25, 0.3) is 0 Å². The van der Waals surface area contributed by atoms with Crippen LogP contribution in [0.1, 0.15) is 0 Å². The summed E-state index contributed by atoms with van der Waals surface area (Å²) in [5.74, 6) is -1.03. The topological polar surface area (TPSA) is 0 Å².